The fraction of sp³-hybridized carbons (Fsp3) is 0.353. The number of benzene rings is 4. The van der Waals surface area contributed by atoms with Gasteiger partial charge in [-0.3, -0.25) is 0 Å². The average molecular weight is 511 g/mol. The number of aliphatic hydroxyl groups is 1. The van der Waals surface area contributed by atoms with Crippen molar-refractivity contribution in [1.82, 2.24) is 0 Å². The van der Waals surface area contributed by atoms with E-state index in [1.54, 1.807) is 0 Å². The lowest BCUT2D eigenvalue weighted by Crippen LogP contribution is -2.24. The Morgan fingerprint density at radius 1 is 0.816 bits per heavy atom. The van der Waals surface area contributed by atoms with E-state index < -0.39 is 0 Å². The minimum absolute atomic E-state index is 0.0763. The van der Waals surface area contributed by atoms with Gasteiger partial charge in [-0.1, -0.05) is 67.1 Å². The van der Waals surface area contributed by atoms with Gasteiger partial charge in [-0.15, -0.1) is 0 Å². The molecule has 1 fully saturated rings. The SMILES string of the molecule is CCc1cc(-c2ccc(OCCOC3CCCCO3)c(CCO)c2)ccc1-c1ccc2cc(C)ccc2c1. The maximum Gasteiger partial charge on any atom is 0.157 e. The number of aliphatic hydroxyl groups excluding tert-OH is 1. The van der Waals surface area contributed by atoms with E-state index in [-0.39, 0.29) is 12.9 Å². The van der Waals surface area contributed by atoms with Crippen molar-refractivity contribution in [3.8, 4) is 28.0 Å². The van der Waals surface area contributed by atoms with Gasteiger partial charge < -0.3 is 19.3 Å². The highest BCUT2D eigenvalue weighted by Gasteiger charge is 2.14. The standard InChI is InChI=1S/C34H38O4/c1-3-25-21-28(11-13-32(25)30-10-9-26-20-24(2)7-8-27(26)22-30)29-12-14-33(31(23-29)15-16-35)36-18-19-38-34-6-4-5-17-37-34/h7-14,20-23,34-35H,3-6,15-19H2,1-2H3. The van der Waals surface area contributed by atoms with Gasteiger partial charge in [-0.05, 0) is 101 Å². The first-order valence-corrected chi connectivity index (χ1v) is 13.9. The first-order valence-electron chi connectivity index (χ1n) is 13.9. The highest BCUT2D eigenvalue weighted by molar-refractivity contribution is 5.88. The topological polar surface area (TPSA) is 47.9 Å². The minimum Gasteiger partial charge on any atom is -0.491 e. The fourth-order valence-electron chi connectivity index (χ4n) is 5.27. The molecular formula is C34H38O4. The number of hydrogen-bond acceptors (Lipinski definition) is 4. The summed E-state index contributed by atoms with van der Waals surface area (Å²) in [5.41, 5.74) is 8.43. The lowest BCUT2D eigenvalue weighted by Gasteiger charge is -2.22. The largest absolute Gasteiger partial charge is 0.491 e. The molecule has 198 valence electrons. The van der Waals surface area contributed by atoms with Crippen LogP contribution in [0, 0.1) is 6.92 Å². The molecule has 1 N–H and O–H groups in total. The molecule has 5 rings (SSSR count). The van der Waals surface area contributed by atoms with Crippen molar-refractivity contribution in [2.75, 3.05) is 26.4 Å². The Hall–Kier alpha value is -3.18. The Labute approximate surface area is 226 Å². The summed E-state index contributed by atoms with van der Waals surface area (Å²) in [5, 5.41) is 12.2. The van der Waals surface area contributed by atoms with Crippen LogP contribution in [0.15, 0.2) is 72.8 Å². The van der Waals surface area contributed by atoms with Crippen molar-refractivity contribution >= 4 is 10.8 Å². The smallest absolute Gasteiger partial charge is 0.157 e. The maximum atomic E-state index is 9.69. The normalized spacial score (nSPS) is 15.6. The van der Waals surface area contributed by atoms with E-state index in [9.17, 15) is 5.11 Å². The number of fused-ring (bicyclic) bond motifs is 1. The lowest BCUT2D eigenvalue weighted by molar-refractivity contribution is -0.165. The monoisotopic (exact) mass is 510 g/mol. The second-order valence-corrected chi connectivity index (χ2v) is 10.1. The van der Waals surface area contributed by atoms with Gasteiger partial charge in [0.2, 0.25) is 0 Å². The first-order chi connectivity index (χ1) is 18.6. The predicted molar refractivity (Wildman–Crippen MR) is 155 cm³/mol. The summed E-state index contributed by atoms with van der Waals surface area (Å²) in [4.78, 5) is 0. The Bertz CT molecular complexity index is 1370. The molecule has 0 amide bonds. The molecule has 0 spiro atoms. The summed E-state index contributed by atoms with van der Waals surface area (Å²) in [6, 6.07) is 26.3. The quantitative estimate of drug-likeness (QED) is 0.224. The summed E-state index contributed by atoms with van der Waals surface area (Å²) < 4.78 is 17.5. The van der Waals surface area contributed by atoms with Gasteiger partial charge in [0.25, 0.3) is 0 Å². The third-order valence-electron chi connectivity index (χ3n) is 7.35. The van der Waals surface area contributed by atoms with Crippen molar-refractivity contribution in [2.45, 2.75) is 52.2 Å². The van der Waals surface area contributed by atoms with E-state index in [2.05, 4.69) is 80.6 Å². The maximum absolute atomic E-state index is 9.69. The van der Waals surface area contributed by atoms with Crippen LogP contribution in [0.25, 0.3) is 33.0 Å². The van der Waals surface area contributed by atoms with E-state index >= 15 is 0 Å². The molecule has 4 heteroatoms. The summed E-state index contributed by atoms with van der Waals surface area (Å²) >= 11 is 0. The fourth-order valence-corrected chi connectivity index (χ4v) is 5.27. The Morgan fingerprint density at radius 3 is 2.37 bits per heavy atom. The molecule has 4 aromatic rings. The Kier molecular flexibility index (Phi) is 8.75. The van der Waals surface area contributed by atoms with Gasteiger partial charge in [-0.25, -0.2) is 0 Å². The van der Waals surface area contributed by atoms with E-state index in [4.69, 9.17) is 14.2 Å². The number of aryl methyl sites for hydroxylation is 2. The van der Waals surface area contributed by atoms with Crippen molar-refractivity contribution in [2.24, 2.45) is 0 Å². The van der Waals surface area contributed by atoms with Gasteiger partial charge >= 0.3 is 0 Å². The number of ether oxygens (including phenoxy) is 3. The zero-order valence-electron chi connectivity index (χ0n) is 22.5. The first kappa shape index (κ1) is 26.4. The molecule has 4 aromatic carbocycles. The second-order valence-electron chi connectivity index (χ2n) is 10.1. The van der Waals surface area contributed by atoms with Gasteiger partial charge in [0.05, 0.1) is 6.61 Å². The van der Waals surface area contributed by atoms with Crippen LogP contribution < -0.4 is 4.74 Å². The molecule has 1 heterocycles. The molecule has 1 atom stereocenters. The minimum atomic E-state index is -0.110. The highest BCUT2D eigenvalue weighted by atomic mass is 16.7. The van der Waals surface area contributed by atoms with Crippen molar-refractivity contribution in [3.05, 3.63) is 89.5 Å². The van der Waals surface area contributed by atoms with Gasteiger partial charge in [0.15, 0.2) is 6.29 Å². The zero-order valence-corrected chi connectivity index (χ0v) is 22.5. The average Bonchev–Trinajstić information content (AvgIpc) is 2.96. The van der Waals surface area contributed by atoms with Crippen molar-refractivity contribution in [3.63, 3.8) is 0 Å². The van der Waals surface area contributed by atoms with E-state index in [0.717, 1.165) is 49.2 Å². The molecule has 38 heavy (non-hydrogen) atoms. The molecule has 0 bridgehead atoms. The molecule has 1 aliphatic heterocycles. The molecule has 0 radical (unpaired) electrons. The summed E-state index contributed by atoms with van der Waals surface area (Å²) in [5.74, 6) is 0.801. The molecule has 1 unspecified atom stereocenters. The number of hydrogen-bond donors (Lipinski definition) is 1. The molecule has 0 saturated carbocycles. The zero-order chi connectivity index (χ0) is 26.3. The van der Waals surface area contributed by atoms with Crippen LogP contribution in [0.2, 0.25) is 0 Å². The molecule has 1 saturated heterocycles. The third kappa shape index (κ3) is 6.27. The van der Waals surface area contributed by atoms with Crippen LogP contribution in [0.4, 0.5) is 0 Å². The number of rotatable bonds is 10. The van der Waals surface area contributed by atoms with E-state index in [1.807, 2.05) is 6.07 Å². The van der Waals surface area contributed by atoms with E-state index in [1.165, 1.54) is 38.6 Å². The van der Waals surface area contributed by atoms with Crippen LogP contribution >= 0.6 is 0 Å². The van der Waals surface area contributed by atoms with Crippen LogP contribution in [-0.2, 0) is 22.3 Å². The molecule has 0 aliphatic carbocycles. The molecule has 4 nitrogen and oxygen atoms in total. The predicted octanol–water partition coefficient (Wildman–Crippen LogP) is 7.50. The lowest BCUT2D eigenvalue weighted by atomic mass is 9.92. The third-order valence-corrected chi connectivity index (χ3v) is 7.35. The van der Waals surface area contributed by atoms with Gasteiger partial charge in [0, 0.05) is 13.2 Å². The Balaban J connectivity index is 1.33. The van der Waals surface area contributed by atoms with Crippen LogP contribution in [-0.4, -0.2) is 37.8 Å². The summed E-state index contributed by atoms with van der Waals surface area (Å²) in [7, 11) is 0. The highest BCUT2D eigenvalue weighted by Crippen LogP contribution is 2.33. The van der Waals surface area contributed by atoms with E-state index in [0.29, 0.717) is 19.6 Å². The van der Waals surface area contributed by atoms with Crippen LogP contribution in [0.5, 0.6) is 5.75 Å². The van der Waals surface area contributed by atoms with Crippen LogP contribution in [0.3, 0.4) is 0 Å². The summed E-state index contributed by atoms with van der Waals surface area (Å²) in [6.45, 7) is 6.14. The van der Waals surface area contributed by atoms with Crippen LogP contribution in [0.1, 0.15) is 42.9 Å². The molecule has 0 aromatic heterocycles. The van der Waals surface area contributed by atoms with Gasteiger partial charge in [-0.2, -0.15) is 0 Å². The Morgan fingerprint density at radius 2 is 1.58 bits per heavy atom. The van der Waals surface area contributed by atoms with Gasteiger partial charge in [0.1, 0.15) is 12.4 Å². The van der Waals surface area contributed by atoms with Crippen molar-refractivity contribution in [1.29, 1.82) is 0 Å². The molecule has 1 aliphatic rings. The molecular weight excluding hydrogens is 472 g/mol. The summed E-state index contributed by atoms with van der Waals surface area (Å²) in [6.07, 6.45) is 4.59. The van der Waals surface area contributed by atoms with Crippen molar-refractivity contribution < 1.29 is 19.3 Å². The second kappa shape index (κ2) is 12.6.